The van der Waals surface area contributed by atoms with E-state index in [4.69, 9.17) is 10.6 Å². The molecule has 1 saturated carbocycles. The van der Waals surface area contributed by atoms with Crippen LogP contribution in [0.15, 0.2) is 23.0 Å². The van der Waals surface area contributed by atoms with Crippen LogP contribution in [0.5, 0.6) is 5.75 Å². The summed E-state index contributed by atoms with van der Waals surface area (Å²) in [4.78, 5) is 59.4. The van der Waals surface area contributed by atoms with E-state index >= 15 is 0 Å². The molecule has 0 radical (unpaired) electrons. The fraction of sp³-hybridized carbons (Fsp3) is 0.500. The van der Waals surface area contributed by atoms with Crippen molar-refractivity contribution in [1.29, 1.82) is 0 Å². The first-order valence-electron chi connectivity index (χ1n) is 13.3. The zero-order valence-corrected chi connectivity index (χ0v) is 23.8. The van der Waals surface area contributed by atoms with E-state index in [-0.39, 0.29) is 47.5 Å². The molecule has 3 aliphatic carbocycles. The minimum atomic E-state index is -2.67. The zero-order valence-electron chi connectivity index (χ0n) is 23.8. The number of benzene rings is 1. The van der Waals surface area contributed by atoms with Crippen LogP contribution in [-0.2, 0) is 30.4 Å². The number of anilines is 2. The van der Waals surface area contributed by atoms with Crippen LogP contribution in [0, 0.1) is 11.8 Å². The van der Waals surface area contributed by atoms with Crippen LogP contribution in [0.2, 0.25) is 0 Å². The van der Waals surface area contributed by atoms with E-state index in [1.165, 1.54) is 5.06 Å². The highest BCUT2D eigenvalue weighted by atomic mass is 16.7. The molecule has 0 spiro atoms. The average molecular weight is 570 g/mol. The molecule has 13 nitrogen and oxygen atoms in total. The van der Waals surface area contributed by atoms with Crippen molar-refractivity contribution in [3.8, 4) is 5.75 Å². The van der Waals surface area contributed by atoms with E-state index in [0.717, 1.165) is 0 Å². The molecule has 13 heteroatoms. The number of carbonyl (C=O) groups is 4. The summed E-state index contributed by atoms with van der Waals surface area (Å²) in [7, 11) is 5.09. The second-order valence-electron chi connectivity index (χ2n) is 12.3. The van der Waals surface area contributed by atoms with Gasteiger partial charge in [0, 0.05) is 43.9 Å². The Labute approximate surface area is 236 Å². The number of hydrogen-bond acceptors (Lipinski definition) is 11. The van der Waals surface area contributed by atoms with Crippen LogP contribution in [-0.4, -0.2) is 88.6 Å². The van der Waals surface area contributed by atoms with Crippen molar-refractivity contribution >= 4 is 40.5 Å². The summed E-state index contributed by atoms with van der Waals surface area (Å²) in [5, 5.41) is 41.6. The number of phenols is 1. The molecule has 5 rings (SSSR count). The Balaban J connectivity index is 1.61. The van der Waals surface area contributed by atoms with Gasteiger partial charge in [-0.1, -0.05) is 0 Å². The molecular weight excluding hydrogens is 534 g/mol. The van der Waals surface area contributed by atoms with Crippen molar-refractivity contribution in [3.05, 3.63) is 34.1 Å². The molecule has 4 atom stereocenters. The Morgan fingerprint density at radius 1 is 1.22 bits per heavy atom. The van der Waals surface area contributed by atoms with Crippen molar-refractivity contribution in [2.24, 2.45) is 17.6 Å². The lowest BCUT2D eigenvalue weighted by Crippen LogP contribution is -2.70. The van der Waals surface area contributed by atoms with E-state index in [0.29, 0.717) is 11.3 Å². The van der Waals surface area contributed by atoms with Gasteiger partial charge in [-0.2, -0.15) is 0 Å². The second-order valence-corrected chi connectivity index (χ2v) is 12.3. The van der Waals surface area contributed by atoms with Crippen LogP contribution < -0.4 is 21.3 Å². The highest BCUT2D eigenvalue weighted by Gasteiger charge is 2.68. The predicted molar refractivity (Wildman–Crippen MR) is 147 cm³/mol. The minimum Gasteiger partial charge on any atom is -0.507 e. The second kappa shape index (κ2) is 9.29. The number of likely N-dealkylation sites (N-methyl/N-ethyl adjacent to an activating group) is 1. The Bertz CT molecular complexity index is 1470. The lowest BCUT2D eigenvalue weighted by molar-refractivity contribution is -0.256. The Kier molecular flexibility index (Phi) is 6.48. The van der Waals surface area contributed by atoms with Gasteiger partial charge in [-0.05, 0) is 51.2 Å². The van der Waals surface area contributed by atoms with Crippen LogP contribution >= 0.6 is 0 Å². The third kappa shape index (κ3) is 4.18. The maximum absolute atomic E-state index is 14.0. The van der Waals surface area contributed by atoms with Crippen molar-refractivity contribution in [3.63, 3.8) is 0 Å². The molecule has 1 saturated heterocycles. The molecule has 1 aliphatic heterocycles. The lowest BCUT2D eigenvalue weighted by atomic mass is 9.56. The molecule has 7 N–H and O–H groups in total. The molecule has 1 heterocycles. The van der Waals surface area contributed by atoms with Gasteiger partial charge in [-0.3, -0.25) is 19.2 Å². The Morgan fingerprint density at radius 2 is 1.88 bits per heavy atom. The molecular formula is C28H35N5O8. The van der Waals surface area contributed by atoms with Crippen LogP contribution in [0.25, 0.3) is 5.76 Å². The summed E-state index contributed by atoms with van der Waals surface area (Å²) in [5.41, 5.74) is 2.70. The van der Waals surface area contributed by atoms with Gasteiger partial charge in [-0.25, -0.2) is 0 Å². The van der Waals surface area contributed by atoms with Crippen molar-refractivity contribution in [1.82, 2.24) is 10.4 Å². The molecule has 2 amide bonds. The number of ketones is 2. The quantitative estimate of drug-likeness (QED) is 0.160. The molecule has 1 unspecified atom stereocenters. The molecule has 41 heavy (non-hydrogen) atoms. The Hall–Kier alpha value is -3.94. The number of nitrogens with zero attached hydrogens (tertiary/aromatic N) is 2. The summed E-state index contributed by atoms with van der Waals surface area (Å²) >= 11 is 0. The number of hydroxylamine groups is 2. The van der Waals surface area contributed by atoms with Crippen molar-refractivity contribution in [2.75, 3.05) is 37.9 Å². The van der Waals surface area contributed by atoms with E-state index < -0.39 is 63.9 Å². The number of fused-ring (bicyclic) bond motifs is 5. The van der Waals surface area contributed by atoms with Gasteiger partial charge in [-0.15, -0.1) is 5.06 Å². The Morgan fingerprint density at radius 3 is 2.44 bits per heavy atom. The topological polar surface area (TPSA) is 195 Å². The number of nitrogens with two attached hydrogens (primary N) is 1. The summed E-state index contributed by atoms with van der Waals surface area (Å²) in [6.07, 6.45) is 0.298. The molecule has 1 aromatic rings. The monoisotopic (exact) mass is 569 g/mol. The van der Waals surface area contributed by atoms with Gasteiger partial charge < -0.3 is 41.4 Å². The molecule has 4 aliphatic rings. The standard InChI is InChI=1S/C28H35N5O8/c1-27(2,3)30-10-16(34)31-14-9-15(32(4)5)12-7-11-8-13-20-23(41-33(20)6)19(26(29)39)25(38)28(13,40)24(37)17(11)22(36)18(12)21(14)35/h9,11,13,20,30,35-36,40H,7-8,10H2,1-6H3,(H2,29,39)(H,31,34)/t11-,13?,20-,28-/m0/s1. The fourth-order valence-electron chi connectivity index (χ4n) is 6.39. The SMILES string of the molecule is CN(C)c1cc(NC(=O)CNC(C)(C)C)c(O)c2c1C[C@H]1CC3[C@H]4C(=C(C(N)=O)C(=O)[C@@]3(O)C(=O)C1=C2O)ON4C. The number of aromatic hydroxyl groups is 1. The molecule has 220 valence electrons. The number of rotatable bonds is 5. The van der Waals surface area contributed by atoms with Gasteiger partial charge >= 0.3 is 0 Å². The lowest BCUT2D eigenvalue weighted by Gasteiger charge is -2.55. The van der Waals surface area contributed by atoms with Crippen LogP contribution in [0.1, 0.15) is 38.3 Å². The normalized spacial score (nSPS) is 27.2. The van der Waals surface area contributed by atoms with E-state index in [9.17, 15) is 34.5 Å². The number of aliphatic hydroxyl groups excluding tert-OH is 1. The smallest absolute Gasteiger partial charge is 0.256 e. The van der Waals surface area contributed by atoms with Gasteiger partial charge in [0.1, 0.15) is 23.1 Å². The van der Waals surface area contributed by atoms with Gasteiger partial charge in [0.2, 0.25) is 17.5 Å². The van der Waals surface area contributed by atoms with Gasteiger partial charge in [0.05, 0.1) is 17.8 Å². The van der Waals surface area contributed by atoms with Crippen molar-refractivity contribution < 1.29 is 39.3 Å². The number of aliphatic hydroxyl groups is 2. The summed E-state index contributed by atoms with van der Waals surface area (Å²) in [6, 6.07) is 0.857. The first kappa shape index (κ1) is 28.6. The molecule has 2 fully saturated rings. The third-order valence-corrected chi connectivity index (χ3v) is 8.29. The number of carbonyl (C=O) groups excluding carboxylic acids is 4. The average Bonchev–Trinajstić information content (AvgIpc) is 2.85. The first-order chi connectivity index (χ1) is 19.0. The van der Waals surface area contributed by atoms with Gasteiger partial charge in [0.25, 0.3) is 5.91 Å². The van der Waals surface area contributed by atoms with E-state index in [2.05, 4.69) is 10.6 Å². The predicted octanol–water partition coefficient (Wildman–Crippen LogP) is 0.114. The highest BCUT2D eigenvalue weighted by molar-refractivity contribution is 6.33. The molecule has 1 aromatic carbocycles. The van der Waals surface area contributed by atoms with Crippen LogP contribution in [0.3, 0.4) is 0 Å². The van der Waals surface area contributed by atoms with Gasteiger partial charge in [0.15, 0.2) is 11.4 Å². The number of amides is 2. The number of Topliss-reactive ketones (excluding diaryl/α,β-unsaturated/α-hetero) is 2. The summed E-state index contributed by atoms with van der Waals surface area (Å²) in [5.74, 6) is -6.41. The number of hydrogen-bond donors (Lipinski definition) is 6. The summed E-state index contributed by atoms with van der Waals surface area (Å²) < 4.78 is 0. The maximum Gasteiger partial charge on any atom is 0.256 e. The third-order valence-electron chi connectivity index (χ3n) is 8.29. The van der Waals surface area contributed by atoms with Crippen LogP contribution in [0.4, 0.5) is 11.4 Å². The minimum absolute atomic E-state index is 0.0178. The van der Waals surface area contributed by atoms with Crippen molar-refractivity contribution in [2.45, 2.75) is 50.8 Å². The fourth-order valence-corrected chi connectivity index (χ4v) is 6.39. The molecule has 0 bridgehead atoms. The number of phenolic OH excluding ortho intramolecular Hbond substituents is 1. The highest BCUT2D eigenvalue weighted by Crippen LogP contribution is 2.56. The summed E-state index contributed by atoms with van der Waals surface area (Å²) in [6.45, 7) is 5.66. The van der Waals surface area contributed by atoms with E-state index in [1.807, 2.05) is 20.8 Å². The maximum atomic E-state index is 14.0. The largest absolute Gasteiger partial charge is 0.507 e. The van der Waals surface area contributed by atoms with E-state index in [1.54, 1.807) is 32.1 Å². The number of primary amides is 1. The first-order valence-corrected chi connectivity index (χ1v) is 13.3. The number of nitrogens with one attached hydrogen (secondary N) is 2. The molecule has 0 aromatic heterocycles. The zero-order chi connectivity index (χ0) is 30.3.